The Morgan fingerprint density at radius 2 is 2.18 bits per heavy atom. The van der Waals surface area contributed by atoms with Gasteiger partial charge in [0.05, 0.1) is 4.92 Å². The summed E-state index contributed by atoms with van der Waals surface area (Å²) in [6, 6.07) is 5.21. The van der Waals surface area contributed by atoms with E-state index in [0.29, 0.717) is 13.1 Å². The maximum absolute atomic E-state index is 10.8. The number of rotatable bonds is 6. The van der Waals surface area contributed by atoms with Gasteiger partial charge in [0, 0.05) is 18.2 Å². The smallest absolute Gasteiger partial charge is 0.272 e. The van der Waals surface area contributed by atoms with E-state index in [1.165, 1.54) is 0 Å². The molecular weight excluding hydrogens is 218 g/mol. The van der Waals surface area contributed by atoms with Crippen molar-refractivity contribution < 1.29 is 4.92 Å². The molecule has 5 heteroatoms. The minimum absolute atomic E-state index is 0.190. The van der Waals surface area contributed by atoms with Crippen molar-refractivity contribution in [2.24, 2.45) is 5.73 Å². The topological polar surface area (TPSA) is 72.4 Å². The Bertz CT molecular complexity index is 393. The van der Waals surface area contributed by atoms with Crippen molar-refractivity contribution in [2.75, 3.05) is 20.1 Å². The third-order valence-electron chi connectivity index (χ3n) is 2.80. The molecule has 0 saturated heterocycles. The fraction of sp³-hybridized carbons (Fsp3) is 0.500. The van der Waals surface area contributed by atoms with E-state index in [9.17, 15) is 10.1 Å². The number of hydrogen-bond acceptors (Lipinski definition) is 4. The van der Waals surface area contributed by atoms with Gasteiger partial charge in [-0.2, -0.15) is 0 Å². The predicted octanol–water partition coefficient (Wildman–Crippen LogP) is 1.68. The van der Waals surface area contributed by atoms with Crippen molar-refractivity contribution in [1.82, 2.24) is 4.90 Å². The highest BCUT2D eigenvalue weighted by molar-refractivity contribution is 5.44. The van der Waals surface area contributed by atoms with E-state index in [4.69, 9.17) is 5.73 Å². The second-order valence-electron chi connectivity index (χ2n) is 4.20. The molecule has 1 aromatic carbocycles. The van der Waals surface area contributed by atoms with Crippen molar-refractivity contribution in [3.63, 3.8) is 0 Å². The summed E-state index contributed by atoms with van der Waals surface area (Å²) in [6.07, 6.45) is 0.935. The Hall–Kier alpha value is -1.46. The molecule has 1 aromatic rings. The van der Waals surface area contributed by atoms with E-state index >= 15 is 0 Å². The molecule has 0 atom stereocenters. The van der Waals surface area contributed by atoms with Crippen LogP contribution in [0.5, 0.6) is 0 Å². The molecule has 2 N–H and O–H groups in total. The van der Waals surface area contributed by atoms with Crippen LogP contribution in [0.25, 0.3) is 0 Å². The molecule has 17 heavy (non-hydrogen) atoms. The lowest BCUT2D eigenvalue weighted by Gasteiger charge is -2.17. The van der Waals surface area contributed by atoms with Crippen LogP contribution in [0, 0.1) is 17.0 Å². The molecule has 0 bridgehead atoms. The van der Waals surface area contributed by atoms with Gasteiger partial charge in [-0.05, 0) is 39.0 Å². The monoisotopic (exact) mass is 237 g/mol. The number of nitro groups is 1. The summed E-state index contributed by atoms with van der Waals surface area (Å²) in [5.41, 5.74) is 7.38. The minimum Gasteiger partial charge on any atom is -0.330 e. The van der Waals surface area contributed by atoms with E-state index in [-0.39, 0.29) is 10.6 Å². The molecule has 1 rings (SSSR count). The molecule has 0 aliphatic rings. The second-order valence-corrected chi connectivity index (χ2v) is 4.20. The highest BCUT2D eigenvalue weighted by Gasteiger charge is 2.13. The van der Waals surface area contributed by atoms with Crippen LogP contribution >= 0.6 is 0 Å². The second kappa shape index (κ2) is 6.32. The van der Waals surface area contributed by atoms with Crippen LogP contribution in [0.3, 0.4) is 0 Å². The Morgan fingerprint density at radius 3 is 2.76 bits per heavy atom. The molecule has 0 fully saturated rings. The summed E-state index contributed by atoms with van der Waals surface area (Å²) in [7, 11) is 1.99. The Kier molecular flexibility index (Phi) is 5.06. The zero-order valence-electron chi connectivity index (χ0n) is 10.3. The molecule has 0 aromatic heterocycles. The number of hydrogen-bond donors (Lipinski definition) is 1. The van der Waals surface area contributed by atoms with Crippen molar-refractivity contribution >= 4 is 5.69 Å². The summed E-state index contributed by atoms with van der Waals surface area (Å²) < 4.78 is 0. The van der Waals surface area contributed by atoms with Gasteiger partial charge >= 0.3 is 0 Å². The van der Waals surface area contributed by atoms with E-state index in [1.807, 2.05) is 13.1 Å². The number of nitrogens with two attached hydrogens (primary N) is 1. The average molecular weight is 237 g/mol. The summed E-state index contributed by atoms with van der Waals surface area (Å²) in [5.74, 6) is 0. The molecule has 0 aliphatic carbocycles. The Labute approximate surface area is 101 Å². The van der Waals surface area contributed by atoms with E-state index < -0.39 is 0 Å². The third kappa shape index (κ3) is 3.80. The minimum atomic E-state index is -0.335. The molecule has 0 radical (unpaired) electrons. The van der Waals surface area contributed by atoms with Crippen LogP contribution in [0.1, 0.15) is 17.5 Å². The number of nitro benzene ring substituents is 1. The lowest BCUT2D eigenvalue weighted by Crippen LogP contribution is -2.21. The van der Waals surface area contributed by atoms with Crippen LogP contribution in [0.4, 0.5) is 5.69 Å². The molecule has 0 heterocycles. The highest BCUT2D eigenvalue weighted by Crippen LogP contribution is 2.21. The van der Waals surface area contributed by atoms with Gasteiger partial charge in [0.25, 0.3) is 5.69 Å². The van der Waals surface area contributed by atoms with E-state index in [2.05, 4.69) is 4.90 Å². The van der Waals surface area contributed by atoms with Crippen molar-refractivity contribution in [3.05, 3.63) is 39.4 Å². The Balaban J connectivity index is 2.77. The van der Waals surface area contributed by atoms with Gasteiger partial charge in [0.2, 0.25) is 0 Å². The van der Waals surface area contributed by atoms with Crippen LogP contribution in [-0.4, -0.2) is 30.0 Å². The van der Waals surface area contributed by atoms with Crippen LogP contribution in [-0.2, 0) is 6.54 Å². The maximum atomic E-state index is 10.8. The van der Waals surface area contributed by atoms with Gasteiger partial charge < -0.3 is 10.6 Å². The van der Waals surface area contributed by atoms with Crippen LogP contribution < -0.4 is 5.73 Å². The molecule has 0 unspecified atom stereocenters. The van der Waals surface area contributed by atoms with Gasteiger partial charge in [0.1, 0.15) is 0 Å². The molecule has 5 nitrogen and oxygen atoms in total. The maximum Gasteiger partial charge on any atom is 0.272 e. The van der Waals surface area contributed by atoms with E-state index in [1.54, 1.807) is 19.1 Å². The van der Waals surface area contributed by atoms with Gasteiger partial charge in [-0.25, -0.2) is 0 Å². The van der Waals surface area contributed by atoms with E-state index in [0.717, 1.165) is 24.1 Å². The summed E-state index contributed by atoms with van der Waals surface area (Å²) in [6.45, 7) is 4.08. The molecular formula is C12H19N3O2. The fourth-order valence-corrected chi connectivity index (χ4v) is 1.77. The predicted molar refractivity (Wildman–Crippen MR) is 67.8 cm³/mol. The molecule has 0 saturated carbocycles. The number of nitrogens with zero attached hydrogens (tertiary/aromatic N) is 2. The Morgan fingerprint density at radius 1 is 1.47 bits per heavy atom. The standard InChI is InChI=1S/C12H19N3O2/c1-10-11(9-14(2)8-4-7-13)5-3-6-12(10)15(16)17/h3,5-6H,4,7-9,13H2,1-2H3. The van der Waals surface area contributed by atoms with Crippen molar-refractivity contribution in [3.8, 4) is 0 Å². The molecule has 94 valence electrons. The highest BCUT2D eigenvalue weighted by atomic mass is 16.6. The zero-order valence-corrected chi connectivity index (χ0v) is 10.3. The van der Waals surface area contributed by atoms with Gasteiger partial charge in [-0.15, -0.1) is 0 Å². The van der Waals surface area contributed by atoms with Crippen molar-refractivity contribution in [2.45, 2.75) is 19.9 Å². The van der Waals surface area contributed by atoms with Gasteiger partial charge in [-0.3, -0.25) is 10.1 Å². The van der Waals surface area contributed by atoms with Crippen molar-refractivity contribution in [1.29, 1.82) is 0 Å². The summed E-state index contributed by atoms with van der Waals surface area (Å²) in [5, 5.41) is 10.8. The summed E-state index contributed by atoms with van der Waals surface area (Å²) in [4.78, 5) is 12.6. The first-order chi connectivity index (χ1) is 8.06. The SMILES string of the molecule is Cc1c(CN(C)CCCN)cccc1[N+](=O)[O-]. The quantitative estimate of drug-likeness (QED) is 0.603. The first-order valence-electron chi connectivity index (χ1n) is 5.67. The first-order valence-corrected chi connectivity index (χ1v) is 5.67. The van der Waals surface area contributed by atoms with Crippen LogP contribution in [0.15, 0.2) is 18.2 Å². The molecule has 0 aliphatic heterocycles. The van der Waals surface area contributed by atoms with Crippen LogP contribution in [0.2, 0.25) is 0 Å². The largest absolute Gasteiger partial charge is 0.330 e. The fourth-order valence-electron chi connectivity index (χ4n) is 1.77. The molecule has 0 amide bonds. The normalized spacial score (nSPS) is 10.8. The lowest BCUT2D eigenvalue weighted by molar-refractivity contribution is -0.385. The lowest BCUT2D eigenvalue weighted by atomic mass is 10.1. The zero-order chi connectivity index (χ0) is 12.8. The van der Waals surface area contributed by atoms with Gasteiger partial charge in [-0.1, -0.05) is 12.1 Å². The molecule has 0 spiro atoms. The third-order valence-corrected chi connectivity index (χ3v) is 2.80. The van der Waals surface area contributed by atoms with Gasteiger partial charge in [0.15, 0.2) is 0 Å². The first kappa shape index (κ1) is 13.6. The average Bonchev–Trinajstić information content (AvgIpc) is 2.28. The number of benzene rings is 1. The summed E-state index contributed by atoms with van der Waals surface area (Å²) >= 11 is 0.